The smallest absolute Gasteiger partial charge is 0.259 e. The van der Waals surface area contributed by atoms with E-state index in [0.717, 1.165) is 10.0 Å². The predicted molar refractivity (Wildman–Crippen MR) is 54.0 cm³/mol. The lowest BCUT2D eigenvalue weighted by molar-refractivity contribution is -0.0393. The van der Waals surface area contributed by atoms with E-state index in [4.69, 9.17) is 4.84 Å². The highest BCUT2D eigenvalue weighted by Gasteiger charge is 2.29. The van der Waals surface area contributed by atoms with E-state index in [2.05, 4.69) is 0 Å². The molecule has 6 heteroatoms. The van der Waals surface area contributed by atoms with Crippen LogP contribution >= 0.6 is 11.3 Å². The third-order valence-corrected chi connectivity index (χ3v) is 4.81. The highest BCUT2D eigenvalue weighted by molar-refractivity contribution is 7.91. The molecule has 0 atom stereocenters. The van der Waals surface area contributed by atoms with Crippen molar-refractivity contribution in [2.45, 2.75) is 11.1 Å². The van der Waals surface area contributed by atoms with Crippen molar-refractivity contribution in [1.29, 1.82) is 0 Å². The van der Waals surface area contributed by atoms with Crippen molar-refractivity contribution in [3.8, 4) is 0 Å². The Balaban J connectivity index is 2.49. The largest absolute Gasteiger partial charge is 0.296 e. The van der Waals surface area contributed by atoms with Crippen molar-refractivity contribution >= 4 is 27.4 Å². The number of nitrogens with zero attached hydrogens (tertiary/aromatic N) is 1. The van der Waals surface area contributed by atoms with Crippen molar-refractivity contribution in [2.24, 2.45) is 0 Å². The van der Waals surface area contributed by atoms with E-state index in [9.17, 15) is 8.42 Å². The van der Waals surface area contributed by atoms with E-state index in [1.807, 2.05) is 0 Å². The van der Waals surface area contributed by atoms with Crippen LogP contribution in [-0.2, 0) is 14.9 Å². The summed E-state index contributed by atoms with van der Waals surface area (Å²) in [5.41, 5.74) is 0.728. The van der Waals surface area contributed by atoms with Gasteiger partial charge in [-0.3, -0.25) is 4.84 Å². The maximum absolute atomic E-state index is 11.8. The Morgan fingerprint density at radius 3 is 3.07 bits per heavy atom. The van der Waals surface area contributed by atoms with E-state index in [-0.39, 0.29) is 0 Å². The van der Waals surface area contributed by atoms with Crippen molar-refractivity contribution in [1.82, 2.24) is 4.47 Å². The normalized spacial score (nSPS) is 18.2. The van der Waals surface area contributed by atoms with Crippen molar-refractivity contribution in [2.75, 3.05) is 6.61 Å². The summed E-state index contributed by atoms with van der Waals surface area (Å²) in [5, 5.41) is 1.75. The molecule has 0 saturated carbocycles. The first-order chi connectivity index (χ1) is 6.66. The van der Waals surface area contributed by atoms with Gasteiger partial charge in [0.15, 0.2) is 0 Å². The van der Waals surface area contributed by atoms with Crippen LogP contribution in [0.2, 0.25) is 0 Å². The fourth-order valence-corrected chi connectivity index (χ4v) is 3.73. The lowest BCUT2D eigenvalue weighted by Gasteiger charge is -2.21. The Kier molecular flexibility index (Phi) is 2.34. The monoisotopic (exact) mass is 231 g/mol. The SMILES string of the molecule is CCON1C=Cc2ccsc2S1(=O)=O. The summed E-state index contributed by atoms with van der Waals surface area (Å²) < 4.78 is 24.9. The summed E-state index contributed by atoms with van der Waals surface area (Å²) in [6.07, 6.45) is 3.15. The minimum Gasteiger partial charge on any atom is -0.259 e. The second-order valence-electron chi connectivity index (χ2n) is 2.66. The Morgan fingerprint density at radius 1 is 1.57 bits per heavy atom. The molecule has 0 N–H and O–H groups in total. The van der Waals surface area contributed by atoms with Gasteiger partial charge in [-0.25, -0.2) is 0 Å². The summed E-state index contributed by atoms with van der Waals surface area (Å²) in [4.78, 5) is 4.99. The number of sulfonamides is 1. The summed E-state index contributed by atoms with van der Waals surface area (Å²) in [6.45, 7) is 2.07. The van der Waals surface area contributed by atoms with E-state index in [1.54, 1.807) is 24.4 Å². The highest BCUT2D eigenvalue weighted by Crippen LogP contribution is 2.31. The molecule has 1 aliphatic heterocycles. The van der Waals surface area contributed by atoms with Gasteiger partial charge in [0.1, 0.15) is 4.21 Å². The van der Waals surface area contributed by atoms with Gasteiger partial charge >= 0.3 is 0 Å². The first-order valence-corrected chi connectivity index (χ1v) is 6.41. The number of hydrogen-bond donors (Lipinski definition) is 0. The van der Waals surface area contributed by atoms with Gasteiger partial charge in [0, 0.05) is 11.8 Å². The average molecular weight is 231 g/mol. The zero-order valence-corrected chi connectivity index (χ0v) is 9.14. The maximum atomic E-state index is 11.8. The standard InChI is InChI=1S/C8H9NO3S2/c1-2-12-9-5-3-7-4-6-13-8(7)14(9,10)11/h3-6H,2H2,1H3. The minimum absolute atomic E-state index is 0.324. The number of thiophene rings is 1. The quantitative estimate of drug-likeness (QED) is 0.778. The molecule has 0 fully saturated rings. The molecule has 0 spiro atoms. The second-order valence-corrected chi connectivity index (χ2v) is 5.55. The zero-order valence-electron chi connectivity index (χ0n) is 7.50. The molecule has 2 rings (SSSR count). The fourth-order valence-electron chi connectivity index (χ4n) is 1.18. The van der Waals surface area contributed by atoms with Gasteiger partial charge in [-0.15, -0.1) is 15.8 Å². The molecule has 1 aromatic heterocycles. The number of hydroxylamine groups is 1. The Hall–Kier alpha value is -0.850. The first kappa shape index (κ1) is 9.70. The lowest BCUT2D eigenvalue weighted by Crippen LogP contribution is -2.27. The molecule has 2 heterocycles. The Morgan fingerprint density at radius 2 is 2.36 bits per heavy atom. The topological polar surface area (TPSA) is 46.6 Å². The van der Waals surface area contributed by atoms with Crippen LogP contribution in [0, 0.1) is 0 Å². The third kappa shape index (κ3) is 1.35. The minimum atomic E-state index is -3.46. The third-order valence-electron chi connectivity index (χ3n) is 1.76. The van der Waals surface area contributed by atoms with E-state index < -0.39 is 10.0 Å². The number of rotatable bonds is 2. The summed E-state index contributed by atoms with van der Waals surface area (Å²) >= 11 is 1.20. The second kappa shape index (κ2) is 3.38. The number of fused-ring (bicyclic) bond motifs is 1. The van der Waals surface area contributed by atoms with E-state index in [0.29, 0.717) is 10.8 Å². The summed E-state index contributed by atoms with van der Waals surface area (Å²) in [6, 6.07) is 1.78. The van der Waals surface area contributed by atoms with Gasteiger partial charge in [-0.05, 0) is 24.4 Å². The van der Waals surface area contributed by atoms with Crippen molar-refractivity contribution in [3.63, 3.8) is 0 Å². The molecule has 0 aliphatic carbocycles. The fraction of sp³-hybridized carbons (Fsp3) is 0.250. The molecule has 4 nitrogen and oxygen atoms in total. The van der Waals surface area contributed by atoms with Crippen LogP contribution in [0.1, 0.15) is 12.5 Å². The molecule has 0 bridgehead atoms. The van der Waals surface area contributed by atoms with Crippen LogP contribution < -0.4 is 0 Å². The zero-order chi connectivity index (χ0) is 10.2. The van der Waals surface area contributed by atoms with Crippen LogP contribution in [0.25, 0.3) is 6.08 Å². The van der Waals surface area contributed by atoms with Gasteiger partial charge in [0.05, 0.1) is 6.61 Å². The Labute approximate surface area is 86.4 Å². The molecule has 1 aromatic rings. The maximum Gasteiger partial charge on any atom is 0.296 e. The molecular formula is C8H9NO3S2. The molecule has 0 unspecified atom stereocenters. The van der Waals surface area contributed by atoms with E-state index in [1.165, 1.54) is 17.5 Å². The highest BCUT2D eigenvalue weighted by atomic mass is 32.2. The van der Waals surface area contributed by atoms with Gasteiger partial charge in [-0.2, -0.15) is 8.42 Å². The van der Waals surface area contributed by atoms with Crippen LogP contribution in [0.4, 0.5) is 0 Å². The van der Waals surface area contributed by atoms with Crippen LogP contribution in [0.5, 0.6) is 0 Å². The van der Waals surface area contributed by atoms with Crippen molar-refractivity contribution in [3.05, 3.63) is 23.2 Å². The van der Waals surface area contributed by atoms with Crippen molar-refractivity contribution < 1.29 is 13.3 Å². The molecule has 0 amide bonds. The summed E-state index contributed by atoms with van der Waals surface area (Å²) in [5.74, 6) is 0. The summed E-state index contributed by atoms with van der Waals surface area (Å²) in [7, 11) is -3.46. The van der Waals surface area contributed by atoms with Crippen LogP contribution in [0.3, 0.4) is 0 Å². The van der Waals surface area contributed by atoms with Gasteiger partial charge in [-0.1, -0.05) is 0 Å². The Bertz CT molecular complexity index is 461. The molecule has 1 aliphatic rings. The molecule has 14 heavy (non-hydrogen) atoms. The molecule has 0 aromatic carbocycles. The first-order valence-electron chi connectivity index (χ1n) is 4.09. The van der Waals surface area contributed by atoms with Gasteiger partial charge in [0.25, 0.3) is 10.0 Å². The van der Waals surface area contributed by atoms with Crippen LogP contribution in [0.15, 0.2) is 21.9 Å². The predicted octanol–water partition coefficient (Wildman–Crippen LogP) is 1.67. The van der Waals surface area contributed by atoms with E-state index >= 15 is 0 Å². The molecule has 76 valence electrons. The molecule has 0 radical (unpaired) electrons. The number of hydrogen-bond acceptors (Lipinski definition) is 4. The lowest BCUT2D eigenvalue weighted by atomic mass is 10.3. The average Bonchev–Trinajstić information content (AvgIpc) is 2.59. The van der Waals surface area contributed by atoms with Gasteiger partial charge in [0.2, 0.25) is 0 Å². The van der Waals surface area contributed by atoms with Crippen LogP contribution in [-0.4, -0.2) is 19.5 Å². The molecule has 0 saturated heterocycles. The molecular weight excluding hydrogens is 222 g/mol. The van der Waals surface area contributed by atoms with Gasteiger partial charge < -0.3 is 0 Å².